The van der Waals surface area contributed by atoms with Crippen LogP contribution < -0.4 is 5.32 Å². The summed E-state index contributed by atoms with van der Waals surface area (Å²) < 4.78 is 12.8. The number of nitriles is 1. The Hall–Kier alpha value is -1.97. The molecule has 0 aliphatic heterocycles. The summed E-state index contributed by atoms with van der Waals surface area (Å²) in [6, 6.07) is 15.9. The van der Waals surface area contributed by atoms with Gasteiger partial charge in [-0.25, -0.2) is 4.39 Å². The molecule has 130 valence electrons. The smallest absolute Gasteiger partial charge is 0.230 e. The number of thioether (sulfide) groups is 2. The Morgan fingerprint density at radius 1 is 1.12 bits per heavy atom. The number of nitrogens with one attached hydrogen (secondary N) is 1. The summed E-state index contributed by atoms with van der Waals surface area (Å²) in [6.45, 7) is 0.643. The van der Waals surface area contributed by atoms with Crippen molar-refractivity contribution < 1.29 is 9.18 Å². The fourth-order valence-corrected chi connectivity index (χ4v) is 3.68. The van der Waals surface area contributed by atoms with Gasteiger partial charge in [0.2, 0.25) is 5.91 Å². The van der Waals surface area contributed by atoms with E-state index in [2.05, 4.69) is 11.4 Å². The lowest BCUT2D eigenvalue weighted by atomic mass is 10.2. The van der Waals surface area contributed by atoms with E-state index >= 15 is 0 Å². The highest BCUT2D eigenvalue weighted by Gasteiger charge is 2.02. The molecule has 0 heterocycles. The average molecular weight is 375 g/mol. The number of amides is 1. The Labute approximate surface area is 156 Å². The lowest BCUT2D eigenvalue weighted by Gasteiger charge is -2.06. The molecule has 1 N–H and O–H groups in total. The van der Waals surface area contributed by atoms with E-state index in [0.717, 1.165) is 28.4 Å². The van der Waals surface area contributed by atoms with Gasteiger partial charge < -0.3 is 5.32 Å². The van der Waals surface area contributed by atoms with Crippen LogP contribution in [-0.2, 0) is 10.5 Å². The second kappa shape index (κ2) is 10.8. The lowest BCUT2D eigenvalue weighted by Crippen LogP contribution is -2.26. The van der Waals surface area contributed by atoms with Crippen LogP contribution in [0, 0.1) is 17.1 Å². The third kappa shape index (κ3) is 7.63. The number of hydrogen-bond acceptors (Lipinski definition) is 4. The Morgan fingerprint density at radius 3 is 2.52 bits per heavy atom. The third-order valence-corrected chi connectivity index (χ3v) is 5.41. The molecule has 2 aromatic carbocycles. The van der Waals surface area contributed by atoms with Crippen LogP contribution in [0.15, 0.2) is 53.4 Å². The molecular formula is C19H19FN2OS2. The summed E-state index contributed by atoms with van der Waals surface area (Å²) in [5, 5.41) is 11.7. The molecule has 0 atom stereocenters. The molecule has 0 fully saturated rings. The minimum absolute atomic E-state index is 0.0328. The number of carbonyl (C=O) groups is 1. The SMILES string of the molecule is N#Cc1ccc(CSCC(=O)NCCCSc2ccc(F)cc2)cc1. The molecule has 0 unspecified atom stereocenters. The first-order chi connectivity index (χ1) is 12.2. The second-order valence-electron chi connectivity index (χ2n) is 5.31. The van der Waals surface area contributed by atoms with Crippen molar-refractivity contribution >= 4 is 29.4 Å². The molecule has 25 heavy (non-hydrogen) atoms. The summed E-state index contributed by atoms with van der Waals surface area (Å²) in [4.78, 5) is 12.8. The van der Waals surface area contributed by atoms with Gasteiger partial charge in [0.15, 0.2) is 0 Å². The minimum atomic E-state index is -0.227. The van der Waals surface area contributed by atoms with Crippen molar-refractivity contribution in [1.82, 2.24) is 5.32 Å². The van der Waals surface area contributed by atoms with Gasteiger partial charge in [-0.2, -0.15) is 5.26 Å². The molecule has 2 rings (SSSR count). The van der Waals surface area contributed by atoms with E-state index < -0.39 is 0 Å². The van der Waals surface area contributed by atoms with Crippen LogP contribution in [0.3, 0.4) is 0 Å². The number of halogens is 1. The van der Waals surface area contributed by atoms with E-state index in [1.807, 2.05) is 12.1 Å². The van der Waals surface area contributed by atoms with E-state index in [9.17, 15) is 9.18 Å². The molecule has 6 heteroatoms. The van der Waals surface area contributed by atoms with Crippen LogP contribution >= 0.6 is 23.5 Å². The van der Waals surface area contributed by atoms with Gasteiger partial charge in [0.1, 0.15) is 5.82 Å². The standard InChI is InChI=1S/C19H19FN2OS2/c20-17-6-8-18(9-7-17)25-11-1-10-22-19(23)14-24-13-16-4-2-15(12-21)3-5-16/h2-9H,1,10-11,13-14H2,(H,22,23). The van der Waals surface area contributed by atoms with Crippen molar-refractivity contribution in [3.8, 4) is 6.07 Å². The van der Waals surface area contributed by atoms with Crippen LogP contribution in [0.25, 0.3) is 0 Å². The first-order valence-electron chi connectivity index (χ1n) is 7.89. The van der Waals surface area contributed by atoms with Crippen molar-refractivity contribution in [1.29, 1.82) is 5.26 Å². The van der Waals surface area contributed by atoms with E-state index in [0.29, 0.717) is 17.9 Å². The molecule has 3 nitrogen and oxygen atoms in total. The minimum Gasteiger partial charge on any atom is -0.355 e. The van der Waals surface area contributed by atoms with E-state index in [-0.39, 0.29) is 11.7 Å². The van der Waals surface area contributed by atoms with Crippen molar-refractivity contribution in [2.24, 2.45) is 0 Å². The van der Waals surface area contributed by atoms with Crippen molar-refractivity contribution in [3.05, 3.63) is 65.5 Å². The first kappa shape index (κ1) is 19.4. The van der Waals surface area contributed by atoms with Crippen LogP contribution in [-0.4, -0.2) is 24.0 Å². The number of hydrogen-bond donors (Lipinski definition) is 1. The van der Waals surface area contributed by atoms with E-state index in [1.54, 1.807) is 47.8 Å². The number of rotatable bonds is 9. The zero-order chi connectivity index (χ0) is 17.9. The van der Waals surface area contributed by atoms with Gasteiger partial charge in [-0.05, 0) is 54.1 Å². The summed E-state index contributed by atoms with van der Waals surface area (Å²) >= 11 is 3.21. The predicted molar refractivity (Wildman–Crippen MR) is 102 cm³/mol. The topological polar surface area (TPSA) is 52.9 Å². The summed E-state index contributed by atoms with van der Waals surface area (Å²) in [6.07, 6.45) is 0.869. The highest BCUT2D eigenvalue weighted by molar-refractivity contribution is 7.99. The zero-order valence-electron chi connectivity index (χ0n) is 13.7. The van der Waals surface area contributed by atoms with Crippen LogP contribution in [0.5, 0.6) is 0 Å². The third-order valence-electron chi connectivity index (χ3n) is 3.31. The van der Waals surface area contributed by atoms with E-state index in [1.165, 1.54) is 12.1 Å². The fraction of sp³-hybridized carbons (Fsp3) is 0.263. The Balaban J connectivity index is 1.53. The van der Waals surface area contributed by atoms with Crippen LogP contribution in [0.4, 0.5) is 4.39 Å². The molecule has 0 saturated heterocycles. The quantitative estimate of drug-likeness (QED) is 0.527. The van der Waals surface area contributed by atoms with Gasteiger partial charge in [-0.1, -0.05) is 12.1 Å². The van der Waals surface area contributed by atoms with Crippen molar-refractivity contribution in [3.63, 3.8) is 0 Å². The molecule has 0 bridgehead atoms. The van der Waals surface area contributed by atoms with Crippen molar-refractivity contribution in [2.45, 2.75) is 17.1 Å². The molecule has 0 saturated carbocycles. The summed E-state index contributed by atoms with van der Waals surface area (Å²) in [5.74, 6) is 1.86. The van der Waals surface area contributed by atoms with Gasteiger partial charge in [-0.3, -0.25) is 4.79 Å². The molecule has 0 radical (unpaired) electrons. The largest absolute Gasteiger partial charge is 0.355 e. The molecular weight excluding hydrogens is 355 g/mol. The van der Waals surface area contributed by atoms with Gasteiger partial charge in [0, 0.05) is 17.2 Å². The monoisotopic (exact) mass is 374 g/mol. The molecule has 0 spiro atoms. The first-order valence-corrected chi connectivity index (χ1v) is 10.0. The lowest BCUT2D eigenvalue weighted by molar-refractivity contribution is -0.118. The fourth-order valence-electron chi connectivity index (χ4n) is 2.01. The summed E-state index contributed by atoms with van der Waals surface area (Å²) in [7, 11) is 0. The van der Waals surface area contributed by atoms with Crippen LogP contribution in [0.1, 0.15) is 17.5 Å². The average Bonchev–Trinajstić information content (AvgIpc) is 2.63. The summed E-state index contributed by atoms with van der Waals surface area (Å²) in [5.41, 5.74) is 1.75. The zero-order valence-corrected chi connectivity index (χ0v) is 15.3. The predicted octanol–water partition coefficient (Wildman–Crippen LogP) is 4.23. The molecule has 0 aliphatic carbocycles. The number of carbonyl (C=O) groups excluding carboxylic acids is 1. The maximum atomic E-state index is 12.8. The molecule has 0 aromatic heterocycles. The number of benzene rings is 2. The van der Waals surface area contributed by atoms with Gasteiger partial charge in [0.05, 0.1) is 17.4 Å². The normalized spacial score (nSPS) is 10.2. The maximum absolute atomic E-state index is 12.8. The van der Waals surface area contributed by atoms with E-state index in [4.69, 9.17) is 5.26 Å². The Kier molecular flexibility index (Phi) is 8.36. The second-order valence-corrected chi connectivity index (χ2v) is 7.46. The maximum Gasteiger partial charge on any atom is 0.230 e. The number of nitrogens with zero attached hydrogens (tertiary/aromatic N) is 1. The molecule has 2 aromatic rings. The Bertz CT molecular complexity index is 712. The molecule has 1 amide bonds. The molecule has 0 aliphatic rings. The van der Waals surface area contributed by atoms with Gasteiger partial charge >= 0.3 is 0 Å². The van der Waals surface area contributed by atoms with Gasteiger partial charge in [-0.15, -0.1) is 23.5 Å². The van der Waals surface area contributed by atoms with Gasteiger partial charge in [0.25, 0.3) is 0 Å². The Morgan fingerprint density at radius 2 is 1.84 bits per heavy atom. The van der Waals surface area contributed by atoms with Crippen molar-refractivity contribution in [2.75, 3.05) is 18.1 Å². The highest BCUT2D eigenvalue weighted by Crippen LogP contribution is 2.18. The highest BCUT2D eigenvalue weighted by atomic mass is 32.2. The van der Waals surface area contributed by atoms with Crippen LogP contribution in [0.2, 0.25) is 0 Å².